The number of rotatable bonds is 3. The predicted molar refractivity (Wildman–Crippen MR) is 68.7 cm³/mol. The van der Waals surface area contributed by atoms with Crippen LogP contribution in [0.25, 0.3) is 0 Å². The molecule has 0 aromatic heterocycles. The van der Waals surface area contributed by atoms with Crippen molar-refractivity contribution in [2.75, 3.05) is 10.6 Å². The number of benzene rings is 1. The second-order valence-corrected chi connectivity index (χ2v) is 3.87. The second-order valence-electron chi connectivity index (χ2n) is 3.87. The van der Waals surface area contributed by atoms with E-state index in [1.807, 2.05) is 0 Å². The Morgan fingerprint density at radius 3 is 2.38 bits per heavy atom. The third kappa shape index (κ3) is 4.55. The zero-order valence-electron chi connectivity index (χ0n) is 10.7. The van der Waals surface area contributed by atoms with Gasteiger partial charge in [0.05, 0.1) is 11.3 Å². The standard InChI is InChI=1S/C13H9F3N4O/c1-8(21)20-12-3-2-10(4-11(12)13(14,15)16)19-7-9(5-17)6-18/h2-4,7,19H,1H3,(H,20,21). The Kier molecular flexibility index (Phi) is 4.92. The minimum Gasteiger partial charge on any atom is -0.360 e. The van der Waals surface area contributed by atoms with Crippen LogP contribution in [0.1, 0.15) is 12.5 Å². The highest BCUT2D eigenvalue weighted by molar-refractivity contribution is 5.90. The fraction of sp³-hybridized carbons (Fsp3) is 0.154. The Morgan fingerprint density at radius 1 is 1.29 bits per heavy atom. The van der Waals surface area contributed by atoms with Crippen LogP contribution < -0.4 is 10.6 Å². The van der Waals surface area contributed by atoms with E-state index >= 15 is 0 Å². The molecule has 0 aliphatic carbocycles. The van der Waals surface area contributed by atoms with E-state index in [2.05, 4.69) is 10.6 Å². The predicted octanol–water partition coefficient (Wildman–Crippen LogP) is 3.01. The van der Waals surface area contributed by atoms with Crippen LogP contribution in [0.15, 0.2) is 30.0 Å². The average Bonchev–Trinajstić information content (AvgIpc) is 2.39. The van der Waals surface area contributed by atoms with Crippen LogP contribution in [0.2, 0.25) is 0 Å². The zero-order chi connectivity index (χ0) is 16.0. The maximum Gasteiger partial charge on any atom is 0.418 e. The normalized spacial score (nSPS) is 10.0. The first-order chi connectivity index (χ1) is 9.77. The summed E-state index contributed by atoms with van der Waals surface area (Å²) in [5.41, 5.74) is -1.66. The molecule has 1 amide bonds. The third-order valence-electron chi connectivity index (χ3n) is 2.26. The van der Waals surface area contributed by atoms with Crippen LogP contribution in [0.5, 0.6) is 0 Å². The lowest BCUT2D eigenvalue weighted by molar-refractivity contribution is -0.136. The van der Waals surface area contributed by atoms with Crippen LogP contribution >= 0.6 is 0 Å². The molecule has 108 valence electrons. The number of amides is 1. The van der Waals surface area contributed by atoms with Crippen molar-refractivity contribution in [3.63, 3.8) is 0 Å². The summed E-state index contributed by atoms with van der Waals surface area (Å²) in [5, 5.41) is 21.6. The van der Waals surface area contributed by atoms with Crippen LogP contribution in [0.3, 0.4) is 0 Å². The van der Waals surface area contributed by atoms with Gasteiger partial charge in [-0.1, -0.05) is 0 Å². The fourth-order valence-corrected chi connectivity index (χ4v) is 1.41. The number of hydrogen-bond donors (Lipinski definition) is 2. The highest BCUT2D eigenvalue weighted by Gasteiger charge is 2.34. The number of anilines is 2. The monoisotopic (exact) mass is 294 g/mol. The summed E-state index contributed by atoms with van der Waals surface area (Å²) in [4.78, 5) is 10.9. The molecule has 0 aliphatic rings. The Balaban J connectivity index is 3.17. The molecule has 0 unspecified atom stereocenters. The maximum atomic E-state index is 12.9. The van der Waals surface area contributed by atoms with Crippen molar-refractivity contribution >= 4 is 17.3 Å². The van der Waals surface area contributed by atoms with Crippen LogP contribution in [0, 0.1) is 22.7 Å². The van der Waals surface area contributed by atoms with Gasteiger partial charge in [-0.15, -0.1) is 0 Å². The lowest BCUT2D eigenvalue weighted by atomic mass is 10.1. The molecule has 0 radical (unpaired) electrons. The number of carbonyl (C=O) groups excluding carboxylic acids is 1. The molecular weight excluding hydrogens is 285 g/mol. The minimum absolute atomic E-state index is 0.0272. The van der Waals surface area contributed by atoms with E-state index in [0.717, 1.165) is 25.3 Å². The van der Waals surface area contributed by atoms with Gasteiger partial charge in [0.2, 0.25) is 5.91 Å². The second kappa shape index (κ2) is 6.44. The number of allylic oxidation sites excluding steroid dienone is 1. The fourth-order valence-electron chi connectivity index (χ4n) is 1.41. The maximum absolute atomic E-state index is 12.9. The molecule has 8 heteroatoms. The topological polar surface area (TPSA) is 88.7 Å². The SMILES string of the molecule is CC(=O)Nc1ccc(NC=C(C#N)C#N)cc1C(F)(F)F. The smallest absolute Gasteiger partial charge is 0.360 e. The van der Waals surface area contributed by atoms with Gasteiger partial charge >= 0.3 is 6.18 Å². The van der Waals surface area contributed by atoms with Gasteiger partial charge in [-0.25, -0.2) is 0 Å². The van der Waals surface area contributed by atoms with E-state index in [9.17, 15) is 18.0 Å². The van der Waals surface area contributed by atoms with E-state index in [1.54, 1.807) is 12.1 Å². The summed E-state index contributed by atoms with van der Waals surface area (Å²) in [6, 6.07) is 6.26. The van der Waals surface area contributed by atoms with Crippen molar-refractivity contribution in [1.29, 1.82) is 10.5 Å². The number of alkyl halides is 3. The molecular formula is C13H9F3N4O. The molecule has 21 heavy (non-hydrogen) atoms. The van der Waals surface area contributed by atoms with Crippen LogP contribution in [0.4, 0.5) is 24.5 Å². The molecule has 0 saturated carbocycles. The number of hydrogen-bond acceptors (Lipinski definition) is 4. The van der Waals surface area contributed by atoms with Gasteiger partial charge in [-0.05, 0) is 18.2 Å². The summed E-state index contributed by atoms with van der Waals surface area (Å²) in [7, 11) is 0. The van der Waals surface area contributed by atoms with Crippen molar-refractivity contribution < 1.29 is 18.0 Å². The molecule has 2 N–H and O–H groups in total. The lowest BCUT2D eigenvalue weighted by Crippen LogP contribution is -2.14. The molecule has 0 saturated heterocycles. The van der Waals surface area contributed by atoms with Crippen molar-refractivity contribution in [1.82, 2.24) is 0 Å². The first-order valence-electron chi connectivity index (χ1n) is 5.53. The first-order valence-corrected chi connectivity index (χ1v) is 5.53. The first kappa shape index (κ1) is 16.1. The van der Waals surface area contributed by atoms with E-state index in [1.165, 1.54) is 6.07 Å². The van der Waals surface area contributed by atoms with Gasteiger partial charge in [-0.2, -0.15) is 23.7 Å². The molecule has 0 spiro atoms. The molecule has 1 aromatic rings. The van der Waals surface area contributed by atoms with Gasteiger partial charge in [-0.3, -0.25) is 4.79 Å². The molecule has 1 rings (SSSR count). The Morgan fingerprint density at radius 2 is 1.90 bits per heavy atom. The largest absolute Gasteiger partial charge is 0.418 e. The zero-order valence-corrected chi connectivity index (χ0v) is 10.7. The Bertz CT molecular complexity index is 649. The summed E-state index contributed by atoms with van der Waals surface area (Å²) in [6.45, 7) is 1.10. The quantitative estimate of drug-likeness (QED) is 0.839. The molecule has 5 nitrogen and oxygen atoms in total. The van der Waals surface area contributed by atoms with E-state index in [-0.39, 0.29) is 16.9 Å². The minimum atomic E-state index is -4.66. The van der Waals surface area contributed by atoms with E-state index in [4.69, 9.17) is 10.5 Å². The number of carbonyl (C=O) groups is 1. The van der Waals surface area contributed by atoms with Gasteiger partial charge in [0, 0.05) is 18.8 Å². The van der Waals surface area contributed by atoms with Crippen molar-refractivity contribution in [2.24, 2.45) is 0 Å². The van der Waals surface area contributed by atoms with Gasteiger partial charge in [0.25, 0.3) is 0 Å². The molecule has 0 heterocycles. The molecule has 0 fully saturated rings. The van der Waals surface area contributed by atoms with Crippen molar-refractivity contribution in [3.05, 3.63) is 35.5 Å². The number of halogens is 3. The van der Waals surface area contributed by atoms with Crippen molar-refractivity contribution in [2.45, 2.75) is 13.1 Å². The number of nitriles is 2. The highest BCUT2D eigenvalue weighted by atomic mass is 19.4. The lowest BCUT2D eigenvalue weighted by Gasteiger charge is -2.14. The third-order valence-corrected chi connectivity index (χ3v) is 2.26. The van der Waals surface area contributed by atoms with Crippen LogP contribution in [-0.2, 0) is 11.0 Å². The highest BCUT2D eigenvalue weighted by Crippen LogP contribution is 2.36. The molecule has 0 atom stereocenters. The van der Waals surface area contributed by atoms with Gasteiger partial charge < -0.3 is 10.6 Å². The van der Waals surface area contributed by atoms with E-state index < -0.39 is 17.6 Å². The van der Waals surface area contributed by atoms with Gasteiger partial charge in [0.1, 0.15) is 17.7 Å². The Labute approximate surface area is 118 Å². The summed E-state index contributed by atoms with van der Waals surface area (Å²) < 4.78 is 38.7. The number of nitrogens with zero attached hydrogens (tertiary/aromatic N) is 2. The Hall–Kier alpha value is -3.00. The van der Waals surface area contributed by atoms with E-state index in [0.29, 0.717) is 0 Å². The molecule has 0 bridgehead atoms. The summed E-state index contributed by atoms with van der Waals surface area (Å²) in [5.74, 6) is -0.627. The number of nitrogens with one attached hydrogen (secondary N) is 2. The summed E-state index contributed by atoms with van der Waals surface area (Å²) in [6.07, 6.45) is -3.67. The van der Waals surface area contributed by atoms with Crippen LogP contribution in [-0.4, -0.2) is 5.91 Å². The van der Waals surface area contributed by atoms with Crippen molar-refractivity contribution in [3.8, 4) is 12.1 Å². The summed E-state index contributed by atoms with van der Waals surface area (Å²) >= 11 is 0. The van der Waals surface area contributed by atoms with Gasteiger partial charge in [0.15, 0.2) is 0 Å². The molecule has 1 aromatic carbocycles. The average molecular weight is 294 g/mol. The molecule has 0 aliphatic heterocycles.